The highest BCUT2D eigenvalue weighted by molar-refractivity contribution is 6.35. The lowest BCUT2D eigenvalue weighted by atomic mass is 10.3. The summed E-state index contributed by atoms with van der Waals surface area (Å²) in [5.41, 5.74) is 5.11. The number of carbonyl (C=O) groups is 2. The number of ether oxygens (including phenoxy) is 1. The van der Waals surface area contributed by atoms with Gasteiger partial charge in [-0.15, -0.1) is 0 Å². The Hall–Kier alpha value is -1.46. The molecule has 0 unspecified atom stereocenters. The molecule has 0 spiro atoms. The molecular weight excluding hydrogens is 303 g/mol. The summed E-state index contributed by atoms with van der Waals surface area (Å²) < 4.78 is 5.33. The zero-order chi connectivity index (χ0) is 15.3. The van der Waals surface area contributed by atoms with Crippen molar-refractivity contribution in [2.45, 2.75) is 19.9 Å². The van der Waals surface area contributed by atoms with Crippen LogP contribution in [0, 0.1) is 0 Å². The lowest BCUT2D eigenvalue weighted by molar-refractivity contribution is -0.138. The molecule has 0 fully saturated rings. The highest BCUT2D eigenvalue weighted by Gasteiger charge is 2.19. The van der Waals surface area contributed by atoms with Crippen LogP contribution in [0.15, 0.2) is 18.2 Å². The quantitative estimate of drug-likeness (QED) is 0.872. The molecule has 1 rings (SSSR count). The average Bonchev–Trinajstić information content (AvgIpc) is 2.34. The summed E-state index contributed by atoms with van der Waals surface area (Å²) >= 11 is 11.7. The first-order chi connectivity index (χ1) is 9.31. The molecule has 0 aliphatic heterocycles. The molecule has 2 N–H and O–H groups in total. The molecule has 5 nitrogen and oxygen atoms in total. The molecule has 20 heavy (non-hydrogen) atoms. The van der Waals surface area contributed by atoms with Crippen LogP contribution in [0.5, 0.6) is 5.75 Å². The first-order valence-corrected chi connectivity index (χ1v) is 6.72. The van der Waals surface area contributed by atoms with Crippen LogP contribution in [0.4, 0.5) is 0 Å². The van der Waals surface area contributed by atoms with Crippen LogP contribution in [-0.2, 0) is 9.59 Å². The van der Waals surface area contributed by atoms with E-state index in [4.69, 9.17) is 33.7 Å². The SMILES string of the molecule is CC(C)N(CC(N)=O)C(=O)COc1ccc(Cl)cc1Cl. The first kappa shape index (κ1) is 16.6. The lowest BCUT2D eigenvalue weighted by Gasteiger charge is -2.25. The second kappa shape index (κ2) is 7.36. The summed E-state index contributed by atoms with van der Waals surface area (Å²) in [6.45, 7) is 3.20. The number of hydrogen-bond acceptors (Lipinski definition) is 3. The maximum absolute atomic E-state index is 12.0. The molecule has 0 radical (unpaired) electrons. The van der Waals surface area contributed by atoms with Crippen molar-refractivity contribution in [3.63, 3.8) is 0 Å². The Balaban J connectivity index is 2.67. The summed E-state index contributed by atoms with van der Waals surface area (Å²) in [7, 11) is 0. The third kappa shape index (κ3) is 4.90. The van der Waals surface area contributed by atoms with Gasteiger partial charge >= 0.3 is 0 Å². The van der Waals surface area contributed by atoms with Gasteiger partial charge < -0.3 is 15.4 Å². The van der Waals surface area contributed by atoms with Gasteiger partial charge in [0.15, 0.2) is 6.61 Å². The average molecular weight is 319 g/mol. The molecule has 1 aromatic carbocycles. The van der Waals surface area contributed by atoms with Gasteiger partial charge in [-0.2, -0.15) is 0 Å². The van der Waals surface area contributed by atoms with Crippen molar-refractivity contribution >= 4 is 35.0 Å². The van der Waals surface area contributed by atoms with E-state index in [1.165, 1.54) is 11.0 Å². The Kier molecular flexibility index (Phi) is 6.10. The molecule has 7 heteroatoms. The van der Waals surface area contributed by atoms with Crippen LogP contribution < -0.4 is 10.5 Å². The van der Waals surface area contributed by atoms with Gasteiger partial charge in [-0.1, -0.05) is 23.2 Å². The smallest absolute Gasteiger partial charge is 0.261 e. The van der Waals surface area contributed by atoms with Gasteiger partial charge in [0.2, 0.25) is 5.91 Å². The molecule has 1 aromatic rings. The fraction of sp³-hybridized carbons (Fsp3) is 0.385. The Morgan fingerprint density at radius 3 is 2.50 bits per heavy atom. The number of primary amides is 1. The van der Waals surface area contributed by atoms with Gasteiger partial charge in [0.25, 0.3) is 5.91 Å². The highest BCUT2D eigenvalue weighted by atomic mass is 35.5. The minimum Gasteiger partial charge on any atom is -0.482 e. The summed E-state index contributed by atoms with van der Waals surface area (Å²) in [6, 6.07) is 4.55. The van der Waals surface area contributed by atoms with Crippen molar-refractivity contribution in [3.05, 3.63) is 28.2 Å². The molecule has 0 atom stereocenters. The normalized spacial score (nSPS) is 10.4. The summed E-state index contributed by atoms with van der Waals surface area (Å²) in [5, 5.41) is 0.794. The zero-order valence-electron chi connectivity index (χ0n) is 11.2. The van der Waals surface area contributed by atoms with Crippen LogP contribution in [-0.4, -0.2) is 35.9 Å². The minimum absolute atomic E-state index is 0.145. The topological polar surface area (TPSA) is 72.6 Å². The van der Waals surface area contributed by atoms with Crippen molar-refractivity contribution in [2.75, 3.05) is 13.2 Å². The number of halogens is 2. The molecule has 0 aliphatic rings. The van der Waals surface area contributed by atoms with Crippen LogP contribution in [0.25, 0.3) is 0 Å². The van der Waals surface area contributed by atoms with Crippen molar-refractivity contribution in [1.29, 1.82) is 0 Å². The van der Waals surface area contributed by atoms with E-state index in [0.717, 1.165) is 0 Å². The molecule has 0 bridgehead atoms. The van der Waals surface area contributed by atoms with E-state index in [2.05, 4.69) is 0 Å². The zero-order valence-corrected chi connectivity index (χ0v) is 12.7. The van der Waals surface area contributed by atoms with Crippen molar-refractivity contribution in [3.8, 4) is 5.75 Å². The van der Waals surface area contributed by atoms with E-state index in [1.807, 2.05) is 0 Å². The van der Waals surface area contributed by atoms with E-state index < -0.39 is 5.91 Å². The van der Waals surface area contributed by atoms with E-state index in [0.29, 0.717) is 15.8 Å². The molecule has 0 aromatic heterocycles. The second-order valence-electron chi connectivity index (χ2n) is 4.45. The Labute approximate surface area is 127 Å². The Morgan fingerprint density at radius 2 is 2.00 bits per heavy atom. The van der Waals surface area contributed by atoms with E-state index in [-0.39, 0.29) is 25.1 Å². The van der Waals surface area contributed by atoms with Crippen molar-refractivity contribution in [2.24, 2.45) is 5.73 Å². The van der Waals surface area contributed by atoms with Gasteiger partial charge in [-0.05, 0) is 32.0 Å². The van der Waals surface area contributed by atoms with Gasteiger partial charge in [-0.25, -0.2) is 0 Å². The molecule has 0 heterocycles. The Bertz CT molecular complexity index is 506. The number of rotatable bonds is 6. The molecule has 0 saturated carbocycles. The van der Waals surface area contributed by atoms with Crippen LogP contribution in [0.1, 0.15) is 13.8 Å². The third-order valence-electron chi connectivity index (χ3n) is 2.51. The number of hydrogen-bond donors (Lipinski definition) is 1. The van der Waals surface area contributed by atoms with Gasteiger partial charge in [-0.3, -0.25) is 9.59 Å². The summed E-state index contributed by atoms with van der Waals surface area (Å²) in [6.07, 6.45) is 0. The number of nitrogens with zero attached hydrogens (tertiary/aromatic N) is 1. The summed E-state index contributed by atoms with van der Waals surface area (Å²) in [5.74, 6) is -0.561. The predicted molar refractivity (Wildman–Crippen MR) is 78.0 cm³/mol. The molecular formula is C13H16Cl2N2O3. The van der Waals surface area contributed by atoms with Gasteiger partial charge in [0.1, 0.15) is 5.75 Å². The van der Waals surface area contributed by atoms with Crippen LogP contribution in [0.3, 0.4) is 0 Å². The maximum atomic E-state index is 12.0. The van der Waals surface area contributed by atoms with Gasteiger partial charge in [0, 0.05) is 11.1 Å². The molecule has 0 aliphatic carbocycles. The first-order valence-electron chi connectivity index (χ1n) is 5.97. The molecule has 0 saturated heterocycles. The largest absolute Gasteiger partial charge is 0.482 e. The van der Waals surface area contributed by atoms with E-state index in [1.54, 1.807) is 26.0 Å². The van der Waals surface area contributed by atoms with Gasteiger partial charge in [0.05, 0.1) is 11.6 Å². The third-order valence-corrected chi connectivity index (χ3v) is 3.05. The Morgan fingerprint density at radius 1 is 1.35 bits per heavy atom. The summed E-state index contributed by atoms with van der Waals surface area (Å²) in [4.78, 5) is 24.3. The fourth-order valence-electron chi connectivity index (χ4n) is 1.54. The predicted octanol–water partition coefficient (Wildman–Crippen LogP) is 2.09. The van der Waals surface area contributed by atoms with E-state index >= 15 is 0 Å². The number of carbonyl (C=O) groups excluding carboxylic acids is 2. The minimum atomic E-state index is -0.573. The molecule has 110 valence electrons. The fourth-order valence-corrected chi connectivity index (χ4v) is 2.00. The number of benzene rings is 1. The second-order valence-corrected chi connectivity index (χ2v) is 5.29. The lowest BCUT2D eigenvalue weighted by Crippen LogP contribution is -2.44. The standard InChI is InChI=1S/C13H16Cl2N2O3/c1-8(2)17(6-12(16)18)13(19)7-20-11-4-3-9(14)5-10(11)15/h3-5,8H,6-7H2,1-2H3,(H2,16,18). The monoisotopic (exact) mass is 318 g/mol. The number of amides is 2. The van der Waals surface area contributed by atoms with Crippen LogP contribution in [0.2, 0.25) is 10.0 Å². The highest BCUT2D eigenvalue weighted by Crippen LogP contribution is 2.27. The van der Waals surface area contributed by atoms with Crippen molar-refractivity contribution in [1.82, 2.24) is 4.90 Å². The van der Waals surface area contributed by atoms with Crippen LogP contribution >= 0.6 is 23.2 Å². The maximum Gasteiger partial charge on any atom is 0.261 e. The van der Waals surface area contributed by atoms with E-state index in [9.17, 15) is 9.59 Å². The number of nitrogens with two attached hydrogens (primary N) is 1. The molecule has 2 amide bonds. The van der Waals surface area contributed by atoms with Crippen molar-refractivity contribution < 1.29 is 14.3 Å².